The van der Waals surface area contributed by atoms with Crippen molar-refractivity contribution in [2.24, 2.45) is 0 Å². The molecule has 1 aliphatic rings. The lowest BCUT2D eigenvalue weighted by Crippen LogP contribution is -2.43. The second kappa shape index (κ2) is 7.59. The second-order valence-corrected chi connectivity index (χ2v) is 6.77. The monoisotopic (exact) mass is 369 g/mol. The lowest BCUT2D eigenvalue weighted by Gasteiger charge is -2.28. The Hall–Kier alpha value is -2.55. The molecule has 0 saturated carbocycles. The quantitative estimate of drug-likeness (QED) is 0.708. The normalized spacial score (nSPS) is 16.7. The maximum absolute atomic E-state index is 12.9. The number of benzene rings is 1. The first-order valence-corrected chi connectivity index (χ1v) is 9.12. The van der Waals surface area contributed by atoms with Crippen LogP contribution in [0.25, 0.3) is 16.7 Å². The molecule has 1 N–H and O–H groups in total. The molecule has 1 fully saturated rings. The average molecular weight is 369 g/mol. The molecule has 0 amide bonds. The van der Waals surface area contributed by atoms with E-state index in [9.17, 15) is 9.90 Å². The summed E-state index contributed by atoms with van der Waals surface area (Å²) in [6.45, 7) is 5.45. The van der Waals surface area contributed by atoms with E-state index >= 15 is 0 Å². The zero-order chi connectivity index (χ0) is 18.8. The first kappa shape index (κ1) is 17.8. The highest BCUT2D eigenvalue weighted by Gasteiger charge is 2.19. The van der Waals surface area contributed by atoms with Crippen molar-refractivity contribution in [1.82, 2.24) is 24.2 Å². The van der Waals surface area contributed by atoms with E-state index in [1.165, 1.54) is 4.57 Å². The number of aliphatic hydroxyl groups excluding tert-OH is 1. The van der Waals surface area contributed by atoms with Crippen LogP contribution in [-0.2, 0) is 11.3 Å². The van der Waals surface area contributed by atoms with Gasteiger partial charge in [0.25, 0.3) is 5.56 Å². The van der Waals surface area contributed by atoms with Crippen LogP contribution in [0.15, 0.2) is 41.3 Å². The van der Waals surface area contributed by atoms with Crippen molar-refractivity contribution in [2.45, 2.75) is 19.6 Å². The molecular weight excluding hydrogens is 346 g/mol. The molecule has 1 aliphatic heterocycles. The molecule has 4 rings (SSSR count). The van der Waals surface area contributed by atoms with Gasteiger partial charge in [0.2, 0.25) is 0 Å². The Balaban J connectivity index is 1.61. The molecule has 0 spiro atoms. The van der Waals surface area contributed by atoms with Crippen LogP contribution in [0.1, 0.15) is 5.82 Å². The number of β-amino-alcohol motifs (C(OH)–C–C–N with tert-alkyl or cyclic N) is 1. The predicted octanol–water partition coefficient (Wildman–Crippen LogP) is 0.584. The molecule has 1 saturated heterocycles. The smallest absolute Gasteiger partial charge is 0.264 e. The van der Waals surface area contributed by atoms with Crippen molar-refractivity contribution in [3.8, 4) is 5.69 Å². The molecule has 8 heteroatoms. The van der Waals surface area contributed by atoms with Crippen LogP contribution in [-0.4, -0.2) is 68.3 Å². The Bertz CT molecular complexity index is 976. The van der Waals surface area contributed by atoms with Crippen LogP contribution in [0.2, 0.25) is 0 Å². The van der Waals surface area contributed by atoms with Gasteiger partial charge in [-0.3, -0.25) is 14.3 Å². The van der Waals surface area contributed by atoms with Gasteiger partial charge in [0.1, 0.15) is 11.2 Å². The molecule has 8 nitrogen and oxygen atoms in total. The van der Waals surface area contributed by atoms with Crippen molar-refractivity contribution in [1.29, 1.82) is 0 Å². The highest BCUT2D eigenvalue weighted by Crippen LogP contribution is 2.14. The molecule has 1 atom stereocenters. The molecule has 0 aliphatic carbocycles. The molecule has 2 aromatic heterocycles. The zero-order valence-corrected chi connectivity index (χ0v) is 15.3. The van der Waals surface area contributed by atoms with E-state index < -0.39 is 6.10 Å². The van der Waals surface area contributed by atoms with Crippen molar-refractivity contribution >= 4 is 11.0 Å². The molecule has 1 aromatic carbocycles. The number of aromatic nitrogens is 4. The minimum Gasteiger partial charge on any atom is -0.390 e. The number of aryl methyl sites for hydroxylation is 1. The van der Waals surface area contributed by atoms with Crippen molar-refractivity contribution in [2.75, 3.05) is 32.8 Å². The largest absolute Gasteiger partial charge is 0.390 e. The minimum atomic E-state index is -0.650. The molecule has 0 radical (unpaired) electrons. The van der Waals surface area contributed by atoms with Gasteiger partial charge in [0, 0.05) is 19.6 Å². The van der Waals surface area contributed by atoms with Crippen LogP contribution in [0.5, 0.6) is 0 Å². The first-order valence-electron chi connectivity index (χ1n) is 9.12. The summed E-state index contributed by atoms with van der Waals surface area (Å²) in [5.74, 6) is 0.561. The third-order valence-electron chi connectivity index (χ3n) is 4.84. The van der Waals surface area contributed by atoms with Gasteiger partial charge in [0.15, 0.2) is 5.65 Å². The zero-order valence-electron chi connectivity index (χ0n) is 15.3. The van der Waals surface area contributed by atoms with Crippen LogP contribution in [0.3, 0.4) is 0 Å². The fourth-order valence-corrected chi connectivity index (χ4v) is 3.43. The van der Waals surface area contributed by atoms with E-state index in [0.717, 1.165) is 18.8 Å². The lowest BCUT2D eigenvalue weighted by molar-refractivity contribution is 0.0112. The number of aliphatic hydroxyl groups is 1. The third kappa shape index (κ3) is 3.64. The van der Waals surface area contributed by atoms with Gasteiger partial charge in [0.05, 0.1) is 37.7 Å². The number of fused-ring (bicyclic) bond motifs is 1. The molecule has 3 aromatic rings. The number of nitrogens with zero attached hydrogens (tertiary/aromatic N) is 5. The Morgan fingerprint density at radius 3 is 2.67 bits per heavy atom. The Kier molecular flexibility index (Phi) is 5.02. The third-order valence-corrected chi connectivity index (χ3v) is 4.84. The van der Waals surface area contributed by atoms with Gasteiger partial charge < -0.3 is 9.84 Å². The summed E-state index contributed by atoms with van der Waals surface area (Å²) in [6, 6.07) is 9.59. The Morgan fingerprint density at radius 1 is 1.19 bits per heavy atom. The van der Waals surface area contributed by atoms with Gasteiger partial charge >= 0.3 is 0 Å². The SMILES string of the molecule is Cc1nc2c(cnn2-c2ccccc2)c(=O)n1C[C@@H](O)CN1CCOCC1. The molecule has 142 valence electrons. The summed E-state index contributed by atoms with van der Waals surface area (Å²) < 4.78 is 8.52. The first-order chi connectivity index (χ1) is 13.1. The fourth-order valence-electron chi connectivity index (χ4n) is 3.43. The van der Waals surface area contributed by atoms with E-state index in [1.54, 1.807) is 17.8 Å². The summed E-state index contributed by atoms with van der Waals surface area (Å²) in [5, 5.41) is 15.3. The summed E-state index contributed by atoms with van der Waals surface area (Å²) in [4.78, 5) is 19.7. The van der Waals surface area contributed by atoms with E-state index in [0.29, 0.717) is 36.6 Å². The minimum absolute atomic E-state index is 0.180. The topological polar surface area (TPSA) is 85.4 Å². The summed E-state index contributed by atoms with van der Waals surface area (Å²) in [6.07, 6.45) is 0.894. The highest BCUT2D eigenvalue weighted by atomic mass is 16.5. The number of hydrogen-bond acceptors (Lipinski definition) is 6. The van der Waals surface area contributed by atoms with Crippen LogP contribution in [0.4, 0.5) is 0 Å². The Labute approximate surface area is 156 Å². The van der Waals surface area contributed by atoms with Crippen LogP contribution >= 0.6 is 0 Å². The number of morpholine rings is 1. The van der Waals surface area contributed by atoms with Gasteiger partial charge in [-0.2, -0.15) is 5.10 Å². The fraction of sp³-hybridized carbons (Fsp3) is 0.421. The summed E-state index contributed by atoms with van der Waals surface area (Å²) >= 11 is 0. The second-order valence-electron chi connectivity index (χ2n) is 6.77. The van der Waals surface area contributed by atoms with Crippen molar-refractivity contribution < 1.29 is 9.84 Å². The van der Waals surface area contributed by atoms with Gasteiger partial charge in [-0.1, -0.05) is 18.2 Å². The maximum Gasteiger partial charge on any atom is 0.264 e. The van der Waals surface area contributed by atoms with Crippen molar-refractivity contribution in [3.05, 3.63) is 52.7 Å². The number of hydrogen-bond donors (Lipinski definition) is 1. The molecule has 27 heavy (non-hydrogen) atoms. The standard InChI is InChI=1S/C19H23N5O3/c1-14-21-18-17(11-20-24(18)15-5-3-2-4-6-15)19(26)23(14)13-16(25)12-22-7-9-27-10-8-22/h2-6,11,16,25H,7-10,12-13H2,1H3/t16-/m0/s1. The molecular formula is C19H23N5O3. The van der Waals surface area contributed by atoms with Crippen LogP contribution in [0, 0.1) is 6.92 Å². The molecule has 0 unspecified atom stereocenters. The van der Waals surface area contributed by atoms with Gasteiger partial charge in [-0.15, -0.1) is 0 Å². The number of para-hydroxylation sites is 1. The summed E-state index contributed by atoms with van der Waals surface area (Å²) in [5.41, 5.74) is 1.20. The van der Waals surface area contributed by atoms with Gasteiger partial charge in [-0.05, 0) is 19.1 Å². The highest BCUT2D eigenvalue weighted by molar-refractivity contribution is 5.75. The van der Waals surface area contributed by atoms with Crippen molar-refractivity contribution in [3.63, 3.8) is 0 Å². The average Bonchev–Trinajstić information content (AvgIpc) is 3.10. The van der Waals surface area contributed by atoms with Crippen LogP contribution < -0.4 is 5.56 Å². The van der Waals surface area contributed by atoms with E-state index in [-0.39, 0.29) is 12.1 Å². The number of rotatable bonds is 5. The molecule has 0 bridgehead atoms. The maximum atomic E-state index is 12.9. The number of ether oxygens (including phenoxy) is 1. The Morgan fingerprint density at radius 2 is 1.93 bits per heavy atom. The van der Waals surface area contributed by atoms with Gasteiger partial charge in [-0.25, -0.2) is 9.67 Å². The lowest BCUT2D eigenvalue weighted by atomic mass is 10.2. The predicted molar refractivity (Wildman–Crippen MR) is 101 cm³/mol. The summed E-state index contributed by atoms with van der Waals surface area (Å²) in [7, 11) is 0. The molecule has 3 heterocycles. The van der Waals surface area contributed by atoms with E-state index in [2.05, 4.69) is 15.0 Å². The van der Waals surface area contributed by atoms with E-state index in [1.807, 2.05) is 30.3 Å². The van der Waals surface area contributed by atoms with E-state index in [4.69, 9.17) is 4.74 Å².